The average molecular weight is 421 g/mol. The summed E-state index contributed by atoms with van der Waals surface area (Å²) >= 11 is 0. The van der Waals surface area contributed by atoms with Gasteiger partial charge in [0.05, 0.1) is 13.0 Å². The number of oxazole rings is 1. The first kappa shape index (κ1) is 22.5. The Morgan fingerprint density at radius 3 is 2.55 bits per heavy atom. The Hall–Kier alpha value is -2.74. The predicted octanol–water partition coefficient (Wildman–Crippen LogP) is 3.70. The molecule has 0 amide bonds. The number of benzene rings is 1. The Labute approximate surface area is 169 Å². The second-order valence-electron chi connectivity index (χ2n) is 5.75. The Bertz CT molecular complexity index is 915. The Morgan fingerprint density at radius 1 is 1.24 bits per heavy atom. The zero-order valence-electron chi connectivity index (χ0n) is 16.7. The van der Waals surface area contributed by atoms with Crippen molar-refractivity contribution in [2.75, 3.05) is 26.3 Å². The lowest BCUT2D eigenvalue weighted by Crippen LogP contribution is -2.14. The number of hydrogen-bond acceptors (Lipinski definition) is 9. The summed E-state index contributed by atoms with van der Waals surface area (Å²) in [5, 5.41) is 4.07. The van der Waals surface area contributed by atoms with E-state index in [4.69, 9.17) is 18.2 Å². The molecule has 0 saturated carbocycles. The molecule has 0 unspecified atom stereocenters. The Kier molecular flexibility index (Phi) is 8.33. The zero-order chi connectivity index (χ0) is 21.3. The van der Waals surface area contributed by atoms with Crippen molar-refractivity contribution < 1.29 is 27.6 Å². The van der Waals surface area contributed by atoms with Gasteiger partial charge < -0.3 is 18.2 Å². The van der Waals surface area contributed by atoms with Crippen LogP contribution in [-0.2, 0) is 23.1 Å². The van der Waals surface area contributed by atoms with E-state index in [9.17, 15) is 9.36 Å². The van der Waals surface area contributed by atoms with Crippen LogP contribution in [0.25, 0.3) is 12.2 Å². The topological polar surface area (TPSA) is 112 Å². The summed E-state index contributed by atoms with van der Waals surface area (Å²) in [4.78, 5) is 15.8. The molecule has 2 rings (SSSR count). The standard InChI is InChI=1S/C19H24N3O6P/c1-5-27-17(23)13-14(2)21-22-18-19(29(24,25-3)26-4)20-16(28-18)12-11-15-9-7-6-8-10-15/h6-12,22H,5,13H2,1-4H3/b12-11+,21-14-. The number of nitrogens with one attached hydrogen (secondary N) is 1. The molecule has 1 aromatic carbocycles. The molecule has 29 heavy (non-hydrogen) atoms. The van der Waals surface area contributed by atoms with E-state index in [0.717, 1.165) is 5.56 Å². The summed E-state index contributed by atoms with van der Waals surface area (Å²) in [7, 11) is -1.21. The molecule has 0 aliphatic carbocycles. The minimum atomic E-state index is -3.71. The van der Waals surface area contributed by atoms with Crippen molar-refractivity contribution in [2.24, 2.45) is 5.10 Å². The maximum Gasteiger partial charge on any atom is 0.384 e. The number of esters is 1. The normalized spacial score (nSPS) is 12.3. The number of aromatic nitrogens is 1. The highest BCUT2D eigenvalue weighted by molar-refractivity contribution is 7.62. The fourth-order valence-electron chi connectivity index (χ4n) is 2.24. The van der Waals surface area contributed by atoms with Crippen LogP contribution in [0.5, 0.6) is 0 Å². The molecule has 9 nitrogen and oxygen atoms in total. The van der Waals surface area contributed by atoms with Gasteiger partial charge in [0.2, 0.25) is 17.2 Å². The van der Waals surface area contributed by atoms with Gasteiger partial charge in [0, 0.05) is 26.0 Å². The molecule has 0 fully saturated rings. The summed E-state index contributed by atoms with van der Waals surface area (Å²) in [6.07, 6.45) is 3.41. The Balaban J connectivity index is 2.29. The molecule has 0 spiro atoms. The first-order valence-corrected chi connectivity index (χ1v) is 10.4. The van der Waals surface area contributed by atoms with Crippen molar-refractivity contribution >= 4 is 42.7 Å². The minimum Gasteiger partial charge on any atom is -0.466 e. The molecular weight excluding hydrogens is 397 g/mol. The Morgan fingerprint density at radius 2 is 1.93 bits per heavy atom. The molecule has 0 aliphatic heterocycles. The highest BCUT2D eigenvalue weighted by atomic mass is 31.2. The van der Waals surface area contributed by atoms with Gasteiger partial charge in [-0.2, -0.15) is 10.1 Å². The molecule has 1 aromatic heterocycles. The van der Waals surface area contributed by atoms with Crippen LogP contribution in [0.15, 0.2) is 39.9 Å². The number of carbonyl (C=O) groups excluding carboxylic acids is 1. The van der Waals surface area contributed by atoms with Crippen molar-refractivity contribution in [2.45, 2.75) is 20.3 Å². The summed E-state index contributed by atoms with van der Waals surface area (Å²) in [6.45, 7) is 3.65. The van der Waals surface area contributed by atoms with E-state index < -0.39 is 13.6 Å². The van der Waals surface area contributed by atoms with E-state index in [2.05, 4.69) is 15.5 Å². The van der Waals surface area contributed by atoms with E-state index >= 15 is 0 Å². The average Bonchev–Trinajstić information content (AvgIpc) is 3.15. The third-order valence-corrected chi connectivity index (χ3v) is 5.42. The quantitative estimate of drug-likeness (QED) is 0.267. The van der Waals surface area contributed by atoms with Crippen LogP contribution in [0, 0.1) is 0 Å². The van der Waals surface area contributed by atoms with Crippen LogP contribution >= 0.6 is 7.60 Å². The molecule has 0 atom stereocenters. The largest absolute Gasteiger partial charge is 0.466 e. The number of carbonyl (C=O) groups is 1. The molecule has 10 heteroatoms. The summed E-state index contributed by atoms with van der Waals surface area (Å²) < 4.78 is 33.4. The molecule has 0 saturated heterocycles. The number of nitrogens with zero attached hydrogens (tertiary/aromatic N) is 2. The molecular formula is C19H24N3O6P. The predicted molar refractivity (Wildman–Crippen MR) is 111 cm³/mol. The van der Waals surface area contributed by atoms with Gasteiger partial charge >= 0.3 is 13.6 Å². The lowest BCUT2D eigenvalue weighted by atomic mass is 10.2. The van der Waals surface area contributed by atoms with Gasteiger partial charge in [-0.25, -0.2) is 5.43 Å². The monoisotopic (exact) mass is 421 g/mol. The maximum atomic E-state index is 12.8. The van der Waals surface area contributed by atoms with E-state index in [-0.39, 0.29) is 30.2 Å². The highest BCUT2D eigenvalue weighted by Gasteiger charge is 2.33. The fraction of sp³-hybridized carbons (Fsp3) is 0.316. The van der Waals surface area contributed by atoms with Gasteiger partial charge in [-0.1, -0.05) is 30.3 Å². The van der Waals surface area contributed by atoms with E-state index in [1.54, 1.807) is 26.0 Å². The van der Waals surface area contributed by atoms with Crippen LogP contribution in [0.4, 0.5) is 5.88 Å². The summed E-state index contributed by atoms with van der Waals surface area (Å²) in [5.41, 5.74) is 3.96. The number of hydrogen-bond donors (Lipinski definition) is 1. The summed E-state index contributed by atoms with van der Waals surface area (Å²) in [6, 6.07) is 9.54. The summed E-state index contributed by atoms with van der Waals surface area (Å²) in [5.74, 6) is -0.230. The van der Waals surface area contributed by atoms with Crippen molar-refractivity contribution in [1.82, 2.24) is 4.98 Å². The number of rotatable bonds is 10. The van der Waals surface area contributed by atoms with Gasteiger partial charge in [-0.3, -0.25) is 9.36 Å². The number of hydrazone groups is 1. The third kappa shape index (κ3) is 6.39. The fourth-order valence-corrected chi connectivity index (χ4v) is 3.30. The van der Waals surface area contributed by atoms with Crippen LogP contribution in [0.2, 0.25) is 0 Å². The van der Waals surface area contributed by atoms with Gasteiger partial charge in [0.15, 0.2) is 0 Å². The molecule has 0 aliphatic rings. The third-order valence-electron chi connectivity index (χ3n) is 3.64. The van der Waals surface area contributed by atoms with Crippen LogP contribution in [-0.4, -0.2) is 37.5 Å². The smallest absolute Gasteiger partial charge is 0.384 e. The second kappa shape index (κ2) is 10.7. The van der Waals surface area contributed by atoms with Crippen LogP contribution in [0.1, 0.15) is 31.7 Å². The van der Waals surface area contributed by atoms with Crippen molar-refractivity contribution in [1.29, 1.82) is 0 Å². The molecule has 1 heterocycles. The van der Waals surface area contributed by atoms with Crippen molar-refractivity contribution in [3.05, 3.63) is 41.8 Å². The SMILES string of the molecule is CCOC(=O)C/C(C)=N\Nc1oc(/C=C/c2ccccc2)nc1P(=O)(OC)OC. The number of anilines is 1. The first-order valence-electron chi connectivity index (χ1n) is 8.82. The van der Waals surface area contributed by atoms with E-state index in [1.165, 1.54) is 14.2 Å². The second-order valence-corrected chi connectivity index (χ2v) is 7.90. The molecule has 0 radical (unpaired) electrons. The lowest BCUT2D eigenvalue weighted by Gasteiger charge is -2.11. The minimum absolute atomic E-state index is 0.00268. The highest BCUT2D eigenvalue weighted by Crippen LogP contribution is 2.47. The maximum absolute atomic E-state index is 12.8. The van der Waals surface area contributed by atoms with Gasteiger partial charge in [0.1, 0.15) is 0 Å². The van der Waals surface area contributed by atoms with Gasteiger partial charge in [-0.05, 0) is 25.5 Å². The zero-order valence-corrected chi connectivity index (χ0v) is 17.6. The molecule has 156 valence electrons. The van der Waals surface area contributed by atoms with Gasteiger partial charge in [0.25, 0.3) is 0 Å². The first-order chi connectivity index (χ1) is 13.9. The molecule has 2 aromatic rings. The van der Waals surface area contributed by atoms with E-state index in [0.29, 0.717) is 5.71 Å². The van der Waals surface area contributed by atoms with Crippen LogP contribution < -0.4 is 10.9 Å². The molecule has 1 N–H and O–H groups in total. The molecule has 0 bridgehead atoms. The number of ether oxygens (including phenoxy) is 1. The van der Waals surface area contributed by atoms with Gasteiger partial charge in [-0.15, -0.1) is 0 Å². The van der Waals surface area contributed by atoms with Crippen molar-refractivity contribution in [3.8, 4) is 0 Å². The van der Waals surface area contributed by atoms with E-state index in [1.807, 2.05) is 30.3 Å². The lowest BCUT2D eigenvalue weighted by molar-refractivity contribution is -0.141. The van der Waals surface area contributed by atoms with Crippen molar-refractivity contribution in [3.63, 3.8) is 0 Å². The van der Waals surface area contributed by atoms with Crippen LogP contribution in [0.3, 0.4) is 0 Å².